The van der Waals surface area contributed by atoms with Crippen molar-refractivity contribution in [1.82, 2.24) is 19.6 Å². The van der Waals surface area contributed by atoms with E-state index in [4.69, 9.17) is 15.6 Å². The maximum Gasteiger partial charge on any atom is 0.262 e. The Morgan fingerprint density at radius 1 is 0.800 bits per heavy atom. The van der Waals surface area contributed by atoms with E-state index >= 15 is 0 Å². The molecule has 3 aliphatic heterocycles. The van der Waals surface area contributed by atoms with Crippen LogP contribution in [0, 0.1) is 5.92 Å². The molecule has 4 aromatic carbocycles. The van der Waals surface area contributed by atoms with E-state index in [2.05, 4.69) is 16.0 Å². The predicted octanol–water partition coefficient (Wildman–Crippen LogP) is 6.01. The van der Waals surface area contributed by atoms with E-state index in [1.54, 1.807) is 18.2 Å². The van der Waals surface area contributed by atoms with Crippen LogP contribution in [-0.4, -0.2) is 92.9 Å². The van der Waals surface area contributed by atoms with Crippen LogP contribution < -0.4 is 26.4 Å². The van der Waals surface area contributed by atoms with Gasteiger partial charge in [-0.3, -0.25) is 38.5 Å². The zero-order chi connectivity index (χ0) is 45.2. The fourth-order valence-electron chi connectivity index (χ4n) is 9.35. The van der Waals surface area contributed by atoms with Crippen LogP contribution in [0.15, 0.2) is 97.1 Å². The van der Waals surface area contributed by atoms with Gasteiger partial charge in [0, 0.05) is 49.4 Å². The summed E-state index contributed by atoms with van der Waals surface area (Å²) in [5.74, 6) is -0.313. The molecule has 5 amide bonds. The fourth-order valence-corrected chi connectivity index (χ4v) is 9.35. The van der Waals surface area contributed by atoms with Gasteiger partial charge in [0.2, 0.25) is 11.8 Å². The average Bonchev–Trinajstić information content (AvgIpc) is 3.83. The van der Waals surface area contributed by atoms with Gasteiger partial charge in [-0.25, -0.2) is 4.68 Å². The number of para-hydroxylation sites is 1. The third kappa shape index (κ3) is 8.96. The number of carbonyl (C=O) groups excluding carboxylic acids is 7. The number of anilines is 3. The highest BCUT2D eigenvalue weighted by molar-refractivity contribution is 6.24. The van der Waals surface area contributed by atoms with Crippen LogP contribution in [0.5, 0.6) is 11.5 Å². The number of piperidine rings is 1. The number of nitrogens with one attached hydrogen (secondary N) is 3. The number of nitrogens with two attached hydrogens (primary N) is 1. The second kappa shape index (κ2) is 18.2. The number of hydrogen-bond donors (Lipinski definition) is 4. The number of aromatic nitrogens is 2. The number of benzene rings is 4. The Bertz CT molecular complexity index is 2690. The van der Waals surface area contributed by atoms with Crippen LogP contribution in [0.4, 0.5) is 17.2 Å². The Morgan fingerprint density at radius 2 is 1.51 bits per heavy atom. The van der Waals surface area contributed by atoms with E-state index in [-0.39, 0.29) is 66.5 Å². The third-order valence-corrected chi connectivity index (χ3v) is 12.7. The maximum absolute atomic E-state index is 13.4. The Kier molecular flexibility index (Phi) is 12.0. The van der Waals surface area contributed by atoms with Gasteiger partial charge in [-0.05, 0) is 110 Å². The standard InChI is InChI=1S/C49H48N8O8/c50-46(62)44-45(31-9-15-36(16-10-31)65-35-4-2-1-3-5-35)54-57-39(20-23-51-47(44)57)30-21-24-55(25-22-30)43(61)19-8-29-6-11-32(12-7-29)53-42(60)28-52-33-13-17-37-38(26-33)49(64)56(48(37)63)40-18-14-34(58)27-41(40)59/h1-7,9-13,15-17,26,30,39-40,51-52H,8,14,18-25,27-28H2,(H2,50,62)(H,53,60)/t39-,40?/m0/s1. The Balaban J connectivity index is 0.739. The van der Waals surface area contributed by atoms with Gasteiger partial charge >= 0.3 is 0 Å². The molecule has 16 heteroatoms. The van der Waals surface area contributed by atoms with Gasteiger partial charge in [-0.15, -0.1) is 0 Å². The highest BCUT2D eigenvalue weighted by Gasteiger charge is 2.44. The van der Waals surface area contributed by atoms with Crippen molar-refractivity contribution < 1.29 is 38.3 Å². The van der Waals surface area contributed by atoms with Crippen molar-refractivity contribution in [1.29, 1.82) is 0 Å². The number of hydrogen-bond acceptors (Lipinski definition) is 11. The summed E-state index contributed by atoms with van der Waals surface area (Å²) in [5, 5.41) is 14.2. The first-order valence-electron chi connectivity index (χ1n) is 22.0. The molecule has 5 N–H and O–H groups in total. The quantitative estimate of drug-likeness (QED) is 0.0794. The summed E-state index contributed by atoms with van der Waals surface area (Å²) in [5.41, 5.74) is 9.89. The highest BCUT2D eigenvalue weighted by Crippen LogP contribution is 2.40. The second-order valence-electron chi connectivity index (χ2n) is 16.9. The van der Waals surface area contributed by atoms with Gasteiger partial charge in [0.05, 0.1) is 36.2 Å². The Morgan fingerprint density at radius 3 is 2.23 bits per heavy atom. The van der Waals surface area contributed by atoms with Gasteiger partial charge in [0.25, 0.3) is 17.7 Å². The summed E-state index contributed by atoms with van der Waals surface area (Å²) in [6, 6.07) is 28.0. The van der Waals surface area contributed by atoms with Crippen molar-refractivity contribution in [2.75, 3.05) is 42.1 Å². The number of imide groups is 1. The van der Waals surface area contributed by atoms with Crippen molar-refractivity contribution in [3.05, 3.63) is 119 Å². The van der Waals surface area contributed by atoms with E-state index in [1.807, 2.05) is 76.3 Å². The minimum Gasteiger partial charge on any atom is -0.457 e. The normalized spacial score (nSPS) is 18.5. The molecule has 16 nitrogen and oxygen atoms in total. The molecule has 1 saturated heterocycles. The summed E-state index contributed by atoms with van der Waals surface area (Å²) in [4.78, 5) is 92.3. The van der Waals surface area contributed by atoms with Crippen molar-refractivity contribution in [2.24, 2.45) is 11.7 Å². The number of likely N-dealkylation sites (tertiary alicyclic amines) is 1. The Hall–Kier alpha value is -7.62. The molecule has 9 rings (SSSR count). The van der Waals surface area contributed by atoms with Crippen LogP contribution in [-0.2, 0) is 25.6 Å². The van der Waals surface area contributed by atoms with Crippen LogP contribution in [0.1, 0.15) is 87.6 Å². The van der Waals surface area contributed by atoms with Crippen molar-refractivity contribution >= 4 is 58.3 Å². The molecule has 1 aromatic heterocycles. The molecular weight excluding hydrogens is 829 g/mol. The lowest BCUT2D eigenvalue weighted by Gasteiger charge is -2.38. The topological polar surface area (TPSA) is 215 Å². The molecule has 1 unspecified atom stereocenters. The minimum absolute atomic E-state index is 0.0456. The number of fused-ring (bicyclic) bond motifs is 2. The molecule has 4 aliphatic rings. The second-order valence-corrected chi connectivity index (χ2v) is 16.9. The summed E-state index contributed by atoms with van der Waals surface area (Å²) in [6.07, 6.45) is 3.31. The largest absolute Gasteiger partial charge is 0.457 e. The predicted molar refractivity (Wildman–Crippen MR) is 241 cm³/mol. The van der Waals surface area contributed by atoms with E-state index in [0.717, 1.165) is 41.0 Å². The van der Waals surface area contributed by atoms with Crippen LogP contribution in [0.25, 0.3) is 11.3 Å². The van der Waals surface area contributed by atoms with Crippen molar-refractivity contribution in [3.8, 4) is 22.8 Å². The van der Waals surface area contributed by atoms with Crippen molar-refractivity contribution in [2.45, 2.75) is 63.5 Å². The smallest absolute Gasteiger partial charge is 0.262 e. The lowest BCUT2D eigenvalue weighted by Crippen LogP contribution is -2.47. The number of amides is 5. The van der Waals surface area contributed by atoms with E-state index in [9.17, 15) is 33.6 Å². The molecular formula is C49H48N8O8. The molecule has 2 atom stereocenters. The number of carbonyl (C=O) groups is 7. The van der Waals surface area contributed by atoms with Gasteiger partial charge in [-0.1, -0.05) is 30.3 Å². The lowest BCUT2D eigenvalue weighted by molar-refractivity contribution is -0.133. The van der Waals surface area contributed by atoms with Crippen molar-refractivity contribution in [3.63, 3.8) is 0 Å². The van der Waals surface area contributed by atoms with Gasteiger partial charge in [-0.2, -0.15) is 5.10 Å². The first kappa shape index (κ1) is 42.7. The Labute approximate surface area is 374 Å². The number of primary amides is 1. The lowest BCUT2D eigenvalue weighted by atomic mass is 9.86. The van der Waals surface area contributed by atoms with E-state index < -0.39 is 29.5 Å². The third-order valence-electron chi connectivity index (χ3n) is 12.7. The number of ketones is 2. The monoisotopic (exact) mass is 876 g/mol. The zero-order valence-corrected chi connectivity index (χ0v) is 35.6. The number of Topliss-reactive ketones (excluding diaryl/α,β-unsaturated/α-hetero) is 2. The first-order valence-corrected chi connectivity index (χ1v) is 22.0. The molecule has 0 spiro atoms. The number of rotatable bonds is 13. The molecule has 4 heterocycles. The first-order chi connectivity index (χ1) is 31.5. The number of aryl methyl sites for hydroxylation is 1. The van der Waals surface area contributed by atoms with E-state index in [1.165, 1.54) is 12.1 Å². The van der Waals surface area contributed by atoms with Gasteiger partial charge in [0.1, 0.15) is 34.4 Å². The molecule has 0 radical (unpaired) electrons. The SMILES string of the molecule is NC(=O)c1c(-c2ccc(Oc3ccccc3)cc2)nn2c1NCC[C@H]2C1CCN(C(=O)CCc2ccc(NC(=O)CNc3ccc4c(c3)C(=O)N(C3CCC(=O)CC3=O)C4=O)cc2)CC1. The van der Waals surface area contributed by atoms with Gasteiger partial charge in [0.15, 0.2) is 5.78 Å². The van der Waals surface area contributed by atoms with Gasteiger partial charge < -0.3 is 31.3 Å². The molecule has 65 heavy (non-hydrogen) atoms. The fraction of sp³-hybridized carbons (Fsp3) is 0.306. The number of nitrogens with zero attached hydrogens (tertiary/aromatic N) is 4. The molecule has 5 aromatic rings. The average molecular weight is 877 g/mol. The summed E-state index contributed by atoms with van der Waals surface area (Å²) in [6.45, 7) is 1.82. The zero-order valence-electron chi connectivity index (χ0n) is 35.6. The molecule has 1 saturated carbocycles. The molecule has 0 bridgehead atoms. The minimum atomic E-state index is -0.952. The number of ether oxygens (including phenoxy) is 1. The molecule has 1 aliphatic carbocycles. The van der Waals surface area contributed by atoms with Crippen LogP contribution >= 0.6 is 0 Å². The maximum atomic E-state index is 13.4. The van der Waals surface area contributed by atoms with E-state index in [0.29, 0.717) is 66.7 Å². The van der Waals surface area contributed by atoms with Crippen LogP contribution in [0.3, 0.4) is 0 Å². The summed E-state index contributed by atoms with van der Waals surface area (Å²) in [7, 11) is 0. The molecule has 2 fully saturated rings. The summed E-state index contributed by atoms with van der Waals surface area (Å²) < 4.78 is 7.89. The van der Waals surface area contributed by atoms with Crippen LogP contribution in [0.2, 0.25) is 0 Å². The summed E-state index contributed by atoms with van der Waals surface area (Å²) >= 11 is 0. The molecule has 332 valence electrons. The highest BCUT2D eigenvalue weighted by atomic mass is 16.5.